The fraction of sp³-hybridized carbons (Fsp3) is 0.409. The topological polar surface area (TPSA) is 62.7 Å². The molecule has 0 aliphatic carbocycles. The van der Waals surface area contributed by atoms with E-state index in [-0.39, 0.29) is 0 Å². The van der Waals surface area contributed by atoms with Crippen molar-refractivity contribution in [2.24, 2.45) is 0 Å². The molecule has 0 unspecified atom stereocenters. The van der Waals surface area contributed by atoms with E-state index in [1.165, 1.54) is 0 Å². The fourth-order valence-corrected chi connectivity index (χ4v) is 3.35. The number of anilines is 2. The Balaban J connectivity index is 1.44. The summed E-state index contributed by atoms with van der Waals surface area (Å²) in [6, 6.07) is 9.93. The van der Waals surface area contributed by atoms with Gasteiger partial charge in [0.2, 0.25) is 5.95 Å². The SMILES string of the molecule is CCCNc1nc(C)cc(CCCCCNc2ccnc3cc(Cl)ccc23)n1. The van der Waals surface area contributed by atoms with Crippen LogP contribution in [-0.4, -0.2) is 28.0 Å². The minimum atomic E-state index is 0.713. The highest BCUT2D eigenvalue weighted by atomic mass is 35.5. The van der Waals surface area contributed by atoms with Gasteiger partial charge in [-0.15, -0.1) is 0 Å². The van der Waals surface area contributed by atoms with E-state index in [1.54, 1.807) is 0 Å². The molecule has 0 fully saturated rings. The van der Waals surface area contributed by atoms with E-state index >= 15 is 0 Å². The summed E-state index contributed by atoms with van der Waals surface area (Å²) in [7, 11) is 0. The van der Waals surface area contributed by atoms with Gasteiger partial charge in [-0.05, 0) is 62.9 Å². The number of nitrogens with one attached hydrogen (secondary N) is 2. The maximum Gasteiger partial charge on any atom is 0.223 e. The summed E-state index contributed by atoms with van der Waals surface area (Å²) in [5.41, 5.74) is 4.18. The van der Waals surface area contributed by atoms with Crippen molar-refractivity contribution in [1.29, 1.82) is 0 Å². The third-order valence-corrected chi connectivity index (χ3v) is 4.81. The van der Waals surface area contributed by atoms with Gasteiger partial charge in [0.15, 0.2) is 0 Å². The number of hydrogen-bond donors (Lipinski definition) is 2. The zero-order chi connectivity index (χ0) is 19.8. The highest BCUT2D eigenvalue weighted by Crippen LogP contribution is 2.24. The second-order valence-electron chi connectivity index (χ2n) is 7.01. The van der Waals surface area contributed by atoms with Gasteiger partial charge in [0, 0.05) is 46.8 Å². The minimum Gasteiger partial charge on any atom is -0.384 e. The number of fused-ring (bicyclic) bond motifs is 1. The van der Waals surface area contributed by atoms with Gasteiger partial charge in [0.25, 0.3) is 0 Å². The van der Waals surface area contributed by atoms with Crippen LogP contribution in [0.2, 0.25) is 5.02 Å². The molecule has 0 saturated carbocycles. The highest BCUT2D eigenvalue weighted by molar-refractivity contribution is 6.31. The number of halogens is 1. The standard InChI is InChI=1S/C22H28ClN5/c1-3-11-26-22-27-16(2)14-18(28-22)7-5-4-6-12-24-20-10-13-25-21-15-17(23)8-9-19(20)21/h8-10,13-15H,3-7,11-12H2,1-2H3,(H,24,25)(H,26,27,28). The van der Waals surface area contributed by atoms with Crippen molar-refractivity contribution in [1.82, 2.24) is 15.0 Å². The molecule has 0 bridgehead atoms. The van der Waals surface area contributed by atoms with Gasteiger partial charge in [0.1, 0.15) is 0 Å². The van der Waals surface area contributed by atoms with E-state index < -0.39 is 0 Å². The first kappa shape index (κ1) is 20.3. The molecule has 2 aromatic heterocycles. The lowest BCUT2D eigenvalue weighted by Gasteiger charge is -2.10. The van der Waals surface area contributed by atoms with Crippen molar-refractivity contribution < 1.29 is 0 Å². The van der Waals surface area contributed by atoms with Gasteiger partial charge in [-0.25, -0.2) is 9.97 Å². The fourth-order valence-electron chi connectivity index (χ4n) is 3.18. The average Bonchev–Trinajstić information content (AvgIpc) is 2.68. The van der Waals surface area contributed by atoms with Crippen molar-refractivity contribution in [3.05, 3.63) is 52.9 Å². The second kappa shape index (κ2) is 10.2. The van der Waals surface area contributed by atoms with Gasteiger partial charge in [-0.3, -0.25) is 4.98 Å². The van der Waals surface area contributed by atoms with Crippen molar-refractivity contribution in [3.63, 3.8) is 0 Å². The Hall–Kier alpha value is -2.40. The molecule has 0 atom stereocenters. The molecular weight excluding hydrogens is 370 g/mol. The van der Waals surface area contributed by atoms with Crippen LogP contribution < -0.4 is 10.6 Å². The first-order chi connectivity index (χ1) is 13.7. The summed E-state index contributed by atoms with van der Waals surface area (Å²) in [6.45, 7) is 6.01. The summed E-state index contributed by atoms with van der Waals surface area (Å²) in [5.74, 6) is 0.753. The first-order valence-corrected chi connectivity index (χ1v) is 10.4. The molecule has 0 aliphatic heterocycles. The number of aromatic nitrogens is 3. The molecular formula is C22H28ClN5. The lowest BCUT2D eigenvalue weighted by atomic mass is 10.1. The average molecular weight is 398 g/mol. The summed E-state index contributed by atoms with van der Waals surface area (Å²) < 4.78 is 0. The van der Waals surface area contributed by atoms with Crippen LogP contribution in [0.15, 0.2) is 36.5 Å². The van der Waals surface area contributed by atoms with Gasteiger partial charge < -0.3 is 10.6 Å². The van der Waals surface area contributed by atoms with E-state index in [2.05, 4.69) is 38.6 Å². The first-order valence-electron chi connectivity index (χ1n) is 10.0. The smallest absolute Gasteiger partial charge is 0.223 e. The molecule has 0 spiro atoms. The van der Waals surface area contributed by atoms with Crippen LogP contribution in [0.3, 0.4) is 0 Å². The summed E-state index contributed by atoms with van der Waals surface area (Å²) in [5, 5.41) is 8.63. The summed E-state index contributed by atoms with van der Waals surface area (Å²) in [6.07, 6.45) is 7.27. The predicted octanol–water partition coefficient (Wildman–Crippen LogP) is 5.63. The molecule has 3 rings (SSSR count). The number of pyridine rings is 1. The van der Waals surface area contributed by atoms with E-state index in [1.807, 2.05) is 37.4 Å². The predicted molar refractivity (Wildman–Crippen MR) is 118 cm³/mol. The van der Waals surface area contributed by atoms with Crippen LogP contribution in [0.1, 0.15) is 44.0 Å². The summed E-state index contributed by atoms with van der Waals surface area (Å²) >= 11 is 6.05. The van der Waals surface area contributed by atoms with Gasteiger partial charge >= 0.3 is 0 Å². The van der Waals surface area contributed by atoms with Crippen LogP contribution in [0.4, 0.5) is 11.6 Å². The molecule has 5 nitrogen and oxygen atoms in total. The van der Waals surface area contributed by atoms with Gasteiger partial charge in [-0.1, -0.05) is 24.9 Å². The molecule has 6 heteroatoms. The number of unbranched alkanes of at least 4 members (excludes halogenated alkanes) is 2. The number of nitrogens with zero attached hydrogens (tertiary/aromatic N) is 3. The van der Waals surface area contributed by atoms with Crippen LogP contribution >= 0.6 is 11.6 Å². The summed E-state index contributed by atoms with van der Waals surface area (Å²) in [4.78, 5) is 13.5. The zero-order valence-electron chi connectivity index (χ0n) is 16.6. The molecule has 148 valence electrons. The number of benzene rings is 1. The Kier molecular flexibility index (Phi) is 7.43. The van der Waals surface area contributed by atoms with E-state index in [4.69, 9.17) is 11.6 Å². The van der Waals surface area contributed by atoms with Gasteiger partial charge in [0.05, 0.1) is 5.52 Å². The lowest BCUT2D eigenvalue weighted by molar-refractivity contribution is 0.688. The molecule has 0 amide bonds. The molecule has 0 radical (unpaired) electrons. The second-order valence-corrected chi connectivity index (χ2v) is 7.44. The molecule has 0 saturated heterocycles. The molecule has 2 N–H and O–H groups in total. The van der Waals surface area contributed by atoms with Crippen molar-refractivity contribution in [3.8, 4) is 0 Å². The maximum atomic E-state index is 6.05. The number of aryl methyl sites for hydroxylation is 2. The largest absolute Gasteiger partial charge is 0.384 e. The Bertz CT molecular complexity index is 913. The molecule has 2 heterocycles. The molecule has 0 aliphatic rings. The monoisotopic (exact) mass is 397 g/mol. The van der Waals surface area contributed by atoms with Crippen molar-refractivity contribution >= 4 is 34.1 Å². The highest BCUT2D eigenvalue weighted by Gasteiger charge is 2.04. The Morgan fingerprint density at radius 1 is 0.964 bits per heavy atom. The maximum absolute atomic E-state index is 6.05. The van der Waals surface area contributed by atoms with Crippen molar-refractivity contribution in [2.75, 3.05) is 23.7 Å². The van der Waals surface area contributed by atoms with Crippen LogP contribution in [0.25, 0.3) is 10.9 Å². The quantitative estimate of drug-likeness (QED) is 0.434. The van der Waals surface area contributed by atoms with E-state index in [0.29, 0.717) is 5.02 Å². The number of hydrogen-bond acceptors (Lipinski definition) is 5. The third kappa shape index (κ3) is 5.80. The van der Waals surface area contributed by atoms with Crippen molar-refractivity contribution in [2.45, 2.75) is 46.0 Å². The molecule has 3 aromatic rings. The normalized spacial score (nSPS) is 11.0. The van der Waals surface area contributed by atoms with Crippen LogP contribution in [0.5, 0.6) is 0 Å². The van der Waals surface area contributed by atoms with E-state index in [9.17, 15) is 0 Å². The Labute approximate surface area is 172 Å². The molecule has 1 aromatic carbocycles. The van der Waals surface area contributed by atoms with E-state index in [0.717, 1.165) is 79.1 Å². The number of rotatable bonds is 10. The van der Waals surface area contributed by atoms with Gasteiger partial charge in [-0.2, -0.15) is 0 Å². The zero-order valence-corrected chi connectivity index (χ0v) is 17.4. The minimum absolute atomic E-state index is 0.713. The Morgan fingerprint density at radius 3 is 2.71 bits per heavy atom. The lowest BCUT2D eigenvalue weighted by Crippen LogP contribution is -2.07. The van der Waals surface area contributed by atoms with Crippen LogP contribution in [-0.2, 0) is 6.42 Å². The molecule has 28 heavy (non-hydrogen) atoms. The Morgan fingerprint density at radius 2 is 1.86 bits per heavy atom. The third-order valence-electron chi connectivity index (χ3n) is 4.57. The van der Waals surface area contributed by atoms with Crippen LogP contribution in [0, 0.1) is 6.92 Å².